The van der Waals surface area contributed by atoms with Crippen LogP contribution in [0.15, 0.2) is 67.3 Å². The van der Waals surface area contributed by atoms with E-state index in [4.69, 9.17) is 5.14 Å². The highest BCUT2D eigenvalue weighted by Gasteiger charge is 2.21. The Hall–Kier alpha value is -1.26. The van der Waals surface area contributed by atoms with Crippen LogP contribution in [-0.2, 0) is 10.0 Å². The second-order valence-electron chi connectivity index (χ2n) is 5.70. The third kappa shape index (κ3) is 4.43. The first-order chi connectivity index (χ1) is 12.6. The Bertz CT molecular complexity index is 1120. The van der Waals surface area contributed by atoms with Gasteiger partial charge in [0, 0.05) is 13.8 Å². The molecule has 27 heavy (non-hydrogen) atoms. The SMILES string of the molecule is NS(=O)(=O)c1c(F)cc(-c2ccc(-c3cc(Br)cc(Br)c3)c(S)c2)cc1F. The Kier molecular flexibility index (Phi) is 5.79. The molecular weight excluding hydrogens is 524 g/mol. The normalized spacial score (nSPS) is 11.6. The van der Waals surface area contributed by atoms with Crippen LogP contribution in [0.3, 0.4) is 0 Å². The quantitative estimate of drug-likeness (QED) is 0.420. The van der Waals surface area contributed by atoms with E-state index in [0.717, 1.165) is 32.2 Å². The van der Waals surface area contributed by atoms with E-state index < -0.39 is 26.6 Å². The van der Waals surface area contributed by atoms with Gasteiger partial charge in [-0.1, -0.05) is 44.0 Å². The van der Waals surface area contributed by atoms with Gasteiger partial charge in [-0.05, 0) is 58.7 Å². The van der Waals surface area contributed by atoms with Crippen molar-refractivity contribution in [3.05, 3.63) is 69.1 Å². The minimum atomic E-state index is -4.50. The van der Waals surface area contributed by atoms with Crippen LogP contribution in [-0.4, -0.2) is 8.42 Å². The maximum atomic E-state index is 14.1. The molecule has 0 saturated heterocycles. The molecule has 9 heteroatoms. The van der Waals surface area contributed by atoms with Crippen LogP contribution in [0.5, 0.6) is 0 Å². The van der Waals surface area contributed by atoms with Crippen LogP contribution in [0.1, 0.15) is 0 Å². The number of hydrogen-bond donors (Lipinski definition) is 2. The fraction of sp³-hybridized carbons (Fsp3) is 0. The molecule has 0 heterocycles. The molecule has 0 bridgehead atoms. The number of halogens is 4. The van der Waals surface area contributed by atoms with Crippen LogP contribution < -0.4 is 5.14 Å². The molecule has 0 aliphatic heterocycles. The summed E-state index contributed by atoms with van der Waals surface area (Å²) in [5.74, 6) is -2.48. The standard InChI is InChI=1S/C18H11Br2F2NO2S2/c19-12-3-11(4-13(20)8-12)14-2-1-9(7-17(14)26)10-5-15(21)18(16(22)6-10)27(23,24)25/h1-8,26H,(H2,23,24,25). The van der Waals surface area contributed by atoms with Crippen LogP contribution >= 0.6 is 44.5 Å². The van der Waals surface area contributed by atoms with Crippen molar-refractivity contribution in [1.82, 2.24) is 0 Å². The van der Waals surface area contributed by atoms with E-state index in [1.165, 1.54) is 0 Å². The molecule has 0 amide bonds. The van der Waals surface area contributed by atoms with Crippen molar-refractivity contribution in [3.63, 3.8) is 0 Å². The zero-order chi connectivity index (χ0) is 19.9. The van der Waals surface area contributed by atoms with Crippen molar-refractivity contribution < 1.29 is 17.2 Å². The Morgan fingerprint density at radius 3 is 1.85 bits per heavy atom. The summed E-state index contributed by atoms with van der Waals surface area (Å²) in [7, 11) is -4.50. The molecule has 3 aromatic rings. The second-order valence-corrected chi connectivity index (χ2v) is 9.52. The average molecular weight is 535 g/mol. The molecule has 0 spiro atoms. The summed E-state index contributed by atoms with van der Waals surface area (Å²) in [5, 5.41) is 4.85. The van der Waals surface area contributed by atoms with Gasteiger partial charge >= 0.3 is 0 Å². The lowest BCUT2D eigenvalue weighted by Gasteiger charge is -2.11. The van der Waals surface area contributed by atoms with Crippen molar-refractivity contribution >= 4 is 54.5 Å². The highest BCUT2D eigenvalue weighted by molar-refractivity contribution is 9.11. The van der Waals surface area contributed by atoms with Crippen molar-refractivity contribution in [1.29, 1.82) is 0 Å². The Balaban J connectivity index is 2.09. The summed E-state index contributed by atoms with van der Waals surface area (Å²) in [6.45, 7) is 0. The first-order valence-electron chi connectivity index (χ1n) is 7.38. The highest BCUT2D eigenvalue weighted by atomic mass is 79.9. The first kappa shape index (κ1) is 20.5. The number of rotatable bonds is 3. The first-order valence-corrected chi connectivity index (χ1v) is 11.0. The van der Waals surface area contributed by atoms with Gasteiger partial charge in [-0.3, -0.25) is 0 Å². The molecule has 0 saturated carbocycles. The van der Waals surface area contributed by atoms with E-state index in [1.807, 2.05) is 18.2 Å². The average Bonchev–Trinajstić information content (AvgIpc) is 2.51. The lowest BCUT2D eigenvalue weighted by molar-refractivity contribution is 0.520. The molecule has 3 aromatic carbocycles. The summed E-state index contributed by atoms with van der Waals surface area (Å²) >= 11 is 11.3. The molecule has 0 atom stereocenters. The van der Waals surface area contributed by atoms with Crippen molar-refractivity contribution in [2.75, 3.05) is 0 Å². The fourth-order valence-electron chi connectivity index (χ4n) is 2.66. The van der Waals surface area contributed by atoms with Crippen LogP contribution in [0, 0.1) is 11.6 Å². The van der Waals surface area contributed by atoms with Gasteiger partial charge in [0.25, 0.3) is 0 Å². The Morgan fingerprint density at radius 2 is 1.37 bits per heavy atom. The predicted octanol–water partition coefficient (Wildman–Crippen LogP) is 5.76. The maximum Gasteiger partial charge on any atom is 0.243 e. The van der Waals surface area contributed by atoms with Gasteiger partial charge in [0.15, 0.2) is 4.90 Å². The van der Waals surface area contributed by atoms with E-state index in [2.05, 4.69) is 44.5 Å². The summed E-state index contributed by atoms with van der Waals surface area (Å²) in [4.78, 5) is -0.554. The molecule has 0 aliphatic carbocycles. The van der Waals surface area contributed by atoms with Crippen LogP contribution in [0.25, 0.3) is 22.3 Å². The van der Waals surface area contributed by atoms with E-state index in [9.17, 15) is 17.2 Å². The van der Waals surface area contributed by atoms with Gasteiger partial charge in [0.1, 0.15) is 11.6 Å². The Labute approximate surface area is 177 Å². The molecule has 0 unspecified atom stereocenters. The minimum absolute atomic E-state index is 0.176. The van der Waals surface area contributed by atoms with E-state index in [-0.39, 0.29) is 5.56 Å². The lowest BCUT2D eigenvalue weighted by atomic mass is 10.00. The van der Waals surface area contributed by atoms with Gasteiger partial charge in [-0.15, -0.1) is 12.6 Å². The van der Waals surface area contributed by atoms with Gasteiger partial charge in [0.05, 0.1) is 0 Å². The zero-order valence-corrected chi connectivity index (χ0v) is 18.3. The molecule has 3 rings (SSSR count). The van der Waals surface area contributed by atoms with Crippen molar-refractivity contribution in [2.45, 2.75) is 9.79 Å². The van der Waals surface area contributed by atoms with Crippen LogP contribution in [0.4, 0.5) is 8.78 Å². The highest BCUT2D eigenvalue weighted by Crippen LogP contribution is 2.35. The number of nitrogens with two attached hydrogens (primary N) is 1. The minimum Gasteiger partial charge on any atom is -0.224 e. The molecule has 0 aliphatic rings. The summed E-state index contributed by atoms with van der Waals surface area (Å²) in [6, 6.07) is 12.7. The van der Waals surface area contributed by atoms with Gasteiger partial charge < -0.3 is 0 Å². The molecule has 2 N–H and O–H groups in total. The van der Waals surface area contributed by atoms with E-state index in [1.54, 1.807) is 18.2 Å². The largest absolute Gasteiger partial charge is 0.243 e. The summed E-state index contributed by atoms with van der Waals surface area (Å²) < 4.78 is 52.6. The smallest absolute Gasteiger partial charge is 0.224 e. The molecule has 140 valence electrons. The fourth-order valence-corrected chi connectivity index (χ4v) is 4.96. The molecule has 0 aromatic heterocycles. The van der Waals surface area contributed by atoms with Gasteiger partial charge in [-0.25, -0.2) is 22.3 Å². The zero-order valence-electron chi connectivity index (χ0n) is 13.4. The molecule has 0 radical (unpaired) electrons. The number of hydrogen-bond acceptors (Lipinski definition) is 3. The van der Waals surface area contributed by atoms with Gasteiger partial charge in [-0.2, -0.15) is 0 Å². The molecular formula is C18H11Br2F2NO2S2. The third-order valence-corrected chi connectivity index (χ3v) is 6.03. The topological polar surface area (TPSA) is 60.2 Å². The predicted molar refractivity (Wildman–Crippen MR) is 111 cm³/mol. The number of primary sulfonamides is 1. The number of benzene rings is 3. The Morgan fingerprint density at radius 1 is 0.815 bits per heavy atom. The van der Waals surface area contributed by atoms with Crippen molar-refractivity contribution in [2.24, 2.45) is 5.14 Å². The second kappa shape index (κ2) is 7.63. The lowest BCUT2D eigenvalue weighted by Crippen LogP contribution is -2.16. The van der Waals surface area contributed by atoms with Crippen molar-refractivity contribution in [3.8, 4) is 22.3 Å². The number of thiol groups is 1. The monoisotopic (exact) mass is 533 g/mol. The van der Waals surface area contributed by atoms with Gasteiger partial charge in [0.2, 0.25) is 10.0 Å². The third-order valence-electron chi connectivity index (χ3n) is 3.79. The summed E-state index contributed by atoms with van der Waals surface area (Å²) in [5.41, 5.74) is 2.38. The van der Waals surface area contributed by atoms with E-state index in [0.29, 0.717) is 10.5 Å². The summed E-state index contributed by atoms with van der Waals surface area (Å²) in [6.07, 6.45) is 0. The van der Waals surface area contributed by atoms with Crippen LogP contribution in [0.2, 0.25) is 0 Å². The van der Waals surface area contributed by atoms with E-state index >= 15 is 0 Å². The maximum absolute atomic E-state index is 14.1. The number of sulfonamides is 1. The molecule has 3 nitrogen and oxygen atoms in total. The molecule has 0 fully saturated rings.